The van der Waals surface area contributed by atoms with E-state index in [4.69, 9.17) is 5.26 Å². The van der Waals surface area contributed by atoms with Gasteiger partial charge >= 0.3 is 0 Å². The molecule has 90 valence electrons. The van der Waals surface area contributed by atoms with Crippen molar-refractivity contribution in [1.29, 1.82) is 5.26 Å². The Hall–Kier alpha value is -2.04. The molecule has 0 bridgehead atoms. The zero-order valence-electron chi connectivity index (χ0n) is 9.90. The van der Waals surface area contributed by atoms with Gasteiger partial charge in [-0.1, -0.05) is 35.7 Å². The molecule has 0 atom stereocenters. The lowest BCUT2D eigenvalue weighted by molar-refractivity contribution is -0.109. The van der Waals surface area contributed by atoms with Gasteiger partial charge in [0, 0.05) is 18.1 Å². The Labute approximate surface area is 110 Å². The molecule has 0 aliphatic rings. The van der Waals surface area contributed by atoms with Crippen LogP contribution >= 0.6 is 11.8 Å². The van der Waals surface area contributed by atoms with Crippen LogP contribution in [0.15, 0.2) is 24.3 Å². The van der Waals surface area contributed by atoms with Gasteiger partial charge in [0.1, 0.15) is 0 Å². The highest BCUT2D eigenvalue weighted by molar-refractivity contribution is 8.13. The van der Waals surface area contributed by atoms with Crippen LogP contribution in [0.5, 0.6) is 0 Å². The number of nitrogens with zero attached hydrogens (tertiary/aromatic N) is 1. The van der Waals surface area contributed by atoms with E-state index in [1.54, 1.807) is 24.3 Å². The molecule has 0 N–H and O–H groups in total. The second kappa shape index (κ2) is 7.32. The van der Waals surface area contributed by atoms with E-state index in [0.717, 1.165) is 17.3 Å². The van der Waals surface area contributed by atoms with Crippen LogP contribution in [0.3, 0.4) is 0 Å². The first-order valence-electron chi connectivity index (χ1n) is 5.26. The Morgan fingerprint density at radius 1 is 1.28 bits per heavy atom. The number of benzene rings is 1. The fourth-order valence-corrected chi connectivity index (χ4v) is 1.54. The van der Waals surface area contributed by atoms with Crippen molar-refractivity contribution in [3.05, 3.63) is 35.4 Å². The zero-order valence-corrected chi connectivity index (χ0v) is 10.7. The molecule has 0 aliphatic carbocycles. The number of hydrogen-bond acceptors (Lipinski definition) is 4. The molecule has 0 spiro atoms. The molecule has 3 nitrogen and oxygen atoms in total. The van der Waals surface area contributed by atoms with Crippen molar-refractivity contribution in [2.75, 3.05) is 5.75 Å². The zero-order chi connectivity index (χ0) is 13.4. The number of carbonyl (C=O) groups is 2. The normalized spacial score (nSPS) is 8.89. The number of hydrogen-bond donors (Lipinski definition) is 0. The van der Waals surface area contributed by atoms with Crippen molar-refractivity contribution in [3.8, 4) is 17.9 Å². The monoisotopic (exact) mass is 257 g/mol. The maximum absolute atomic E-state index is 11.4. The maximum Gasteiger partial charge on any atom is 0.186 e. The first-order valence-corrected chi connectivity index (χ1v) is 6.24. The largest absolute Gasteiger partial charge is 0.293 e. The summed E-state index contributed by atoms with van der Waals surface area (Å²) < 4.78 is 0. The standard InChI is InChI=1S/C14H11NO2S/c1-11(16)18-10-2-3-12-4-6-13(7-5-12)14(17)8-9-15/h4-7H,8,10H2,1H3. The van der Waals surface area contributed by atoms with Crippen LogP contribution < -0.4 is 0 Å². The first kappa shape index (κ1) is 14.0. The lowest BCUT2D eigenvalue weighted by Crippen LogP contribution is -1.96. The summed E-state index contributed by atoms with van der Waals surface area (Å²) in [6.45, 7) is 1.50. The van der Waals surface area contributed by atoms with E-state index in [1.165, 1.54) is 6.92 Å². The topological polar surface area (TPSA) is 57.9 Å². The third kappa shape index (κ3) is 4.86. The molecular formula is C14H11NO2S. The van der Waals surface area contributed by atoms with Crippen LogP contribution in [-0.4, -0.2) is 16.7 Å². The van der Waals surface area contributed by atoms with E-state index in [1.807, 2.05) is 6.07 Å². The third-order valence-corrected chi connectivity index (χ3v) is 2.72. The summed E-state index contributed by atoms with van der Waals surface area (Å²) in [5, 5.41) is 8.46. The molecule has 0 radical (unpaired) electrons. The Morgan fingerprint density at radius 3 is 2.50 bits per heavy atom. The second-order valence-electron chi connectivity index (χ2n) is 3.42. The van der Waals surface area contributed by atoms with E-state index in [2.05, 4.69) is 11.8 Å². The Morgan fingerprint density at radius 2 is 1.94 bits per heavy atom. The van der Waals surface area contributed by atoms with Crippen molar-refractivity contribution in [1.82, 2.24) is 0 Å². The van der Waals surface area contributed by atoms with Crippen molar-refractivity contribution in [2.24, 2.45) is 0 Å². The molecule has 0 aromatic heterocycles. The van der Waals surface area contributed by atoms with E-state index < -0.39 is 0 Å². The summed E-state index contributed by atoms with van der Waals surface area (Å²) in [5.41, 5.74) is 1.30. The summed E-state index contributed by atoms with van der Waals surface area (Å²) in [5.74, 6) is 6.03. The molecule has 4 heteroatoms. The number of Topliss-reactive ketones (excluding diaryl/α,β-unsaturated/α-hetero) is 1. The summed E-state index contributed by atoms with van der Waals surface area (Å²) in [7, 11) is 0. The smallest absolute Gasteiger partial charge is 0.186 e. The number of ketones is 1. The van der Waals surface area contributed by atoms with E-state index >= 15 is 0 Å². The summed E-state index contributed by atoms with van der Waals surface area (Å²) in [6.07, 6.45) is -0.111. The molecule has 0 amide bonds. The van der Waals surface area contributed by atoms with Gasteiger partial charge in [0.15, 0.2) is 10.9 Å². The minimum atomic E-state index is -0.191. The van der Waals surface area contributed by atoms with Gasteiger partial charge in [0.05, 0.1) is 18.2 Å². The average molecular weight is 257 g/mol. The van der Waals surface area contributed by atoms with Crippen molar-refractivity contribution in [2.45, 2.75) is 13.3 Å². The second-order valence-corrected chi connectivity index (χ2v) is 4.57. The molecule has 0 fully saturated rings. The molecule has 0 saturated heterocycles. The molecule has 0 aliphatic heterocycles. The molecule has 1 rings (SSSR count). The van der Waals surface area contributed by atoms with Gasteiger partial charge in [0.2, 0.25) is 0 Å². The molecule has 18 heavy (non-hydrogen) atoms. The lowest BCUT2D eigenvalue weighted by atomic mass is 10.1. The van der Waals surface area contributed by atoms with Crippen molar-refractivity contribution < 1.29 is 9.59 Å². The Balaban J connectivity index is 2.63. The van der Waals surface area contributed by atoms with Crippen LogP contribution in [-0.2, 0) is 4.79 Å². The first-order chi connectivity index (χ1) is 8.63. The molecule has 0 saturated carbocycles. The van der Waals surface area contributed by atoms with Gasteiger partial charge < -0.3 is 0 Å². The number of carbonyl (C=O) groups excluding carboxylic acids is 2. The van der Waals surface area contributed by atoms with Crippen LogP contribution in [0.4, 0.5) is 0 Å². The molecule has 0 heterocycles. The van der Waals surface area contributed by atoms with Crippen LogP contribution in [0.2, 0.25) is 0 Å². The number of rotatable bonds is 3. The summed E-state index contributed by atoms with van der Waals surface area (Å²) in [6, 6.07) is 8.59. The molecule has 1 aromatic rings. The van der Waals surface area contributed by atoms with Crippen molar-refractivity contribution in [3.63, 3.8) is 0 Å². The fraction of sp³-hybridized carbons (Fsp3) is 0.214. The molecule has 1 aromatic carbocycles. The summed E-state index contributed by atoms with van der Waals surface area (Å²) >= 11 is 1.16. The highest BCUT2D eigenvalue weighted by atomic mass is 32.2. The van der Waals surface area contributed by atoms with Gasteiger partial charge in [-0.05, 0) is 12.1 Å². The third-order valence-electron chi connectivity index (χ3n) is 2.03. The number of thioether (sulfide) groups is 1. The highest BCUT2D eigenvalue weighted by Gasteiger charge is 2.03. The predicted octanol–water partition coefficient (Wildman–Crippen LogP) is 2.41. The van der Waals surface area contributed by atoms with Gasteiger partial charge in [-0.3, -0.25) is 9.59 Å². The van der Waals surface area contributed by atoms with Gasteiger partial charge in [-0.2, -0.15) is 5.26 Å². The quantitative estimate of drug-likeness (QED) is 0.616. The average Bonchev–Trinajstić information content (AvgIpc) is 2.35. The van der Waals surface area contributed by atoms with Crippen molar-refractivity contribution >= 4 is 22.7 Å². The minimum absolute atomic E-state index is 0.0433. The van der Waals surface area contributed by atoms with E-state index in [-0.39, 0.29) is 17.3 Å². The van der Waals surface area contributed by atoms with E-state index in [0.29, 0.717) is 11.3 Å². The Kier molecular flexibility index (Phi) is 5.70. The SMILES string of the molecule is CC(=O)SCC#Cc1ccc(C(=O)CC#N)cc1. The van der Waals surface area contributed by atoms with E-state index in [9.17, 15) is 9.59 Å². The van der Waals surface area contributed by atoms with Gasteiger partial charge in [-0.15, -0.1) is 0 Å². The Bertz CT molecular complexity index is 544. The summed E-state index contributed by atoms with van der Waals surface area (Å²) in [4.78, 5) is 22.1. The van der Waals surface area contributed by atoms with Crippen LogP contribution in [0.25, 0.3) is 0 Å². The molecule has 0 unspecified atom stereocenters. The fourth-order valence-electron chi connectivity index (χ4n) is 1.19. The predicted molar refractivity (Wildman–Crippen MR) is 71.0 cm³/mol. The number of nitriles is 1. The highest BCUT2D eigenvalue weighted by Crippen LogP contribution is 2.06. The minimum Gasteiger partial charge on any atom is -0.293 e. The van der Waals surface area contributed by atoms with Crippen LogP contribution in [0, 0.1) is 23.2 Å². The lowest BCUT2D eigenvalue weighted by Gasteiger charge is -1.96. The van der Waals surface area contributed by atoms with Crippen LogP contribution in [0.1, 0.15) is 29.3 Å². The molecular weight excluding hydrogens is 246 g/mol. The maximum atomic E-state index is 11.4. The van der Waals surface area contributed by atoms with Gasteiger partial charge in [-0.25, -0.2) is 0 Å². The van der Waals surface area contributed by atoms with Gasteiger partial charge in [0.25, 0.3) is 0 Å².